The summed E-state index contributed by atoms with van der Waals surface area (Å²) < 4.78 is 0. The summed E-state index contributed by atoms with van der Waals surface area (Å²) in [6, 6.07) is 2.04. The predicted octanol–water partition coefficient (Wildman–Crippen LogP) is 2.46. The van der Waals surface area contributed by atoms with Crippen LogP contribution < -0.4 is 5.32 Å². The van der Waals surface area contributed by atoms with Crippen molar-refractivity contribution >= 4 is 52.3 Å². The van der Waals surface area contributed by atoms with Crippen LogP contribution in [-0.2, 0) is 19.2 Å². The van der Waals surface area contributed by atoms with Crippen LogP contribution in [0.5, 0.6) is 0 Å². The number of hydrogen-bond donors (Lipinski definition) is 2. The molecule has 150 valence electrons. The van der Waals surface area contributed by atoms with E-state index in [1.807, 2.05) is 0 Å². The van der Waals surface area contributed by atoms with Crippen LogP contribution in [-0.4, -0.2) is 39.5 Å². The number of amides is 1. The van der Waals surface area contributed by atoms with Gasteiger partial charge in [0.1, 0.15) is 5.78 Å². The normalized spacial score (nSPS) is 22.5. The molecule has 1 aliphatic carbocycles. The van der Waals surface area contributed by atoms with Crippen LogP contribution in [0.2, 0.25) is 10.0 Å². The number of Topliss-reactive ketones (excluding diaryl/α,β-unsaturated/α-hetero) is 2. The van der Waals surface area contributed by atoms with E-state index in [1.165, 1.54) is 25.1 Å². The van der Waals surface area contributed by atoms with Crippen LogP contribution in [0.4, 0.5) is 5.69 Å². The van der Waals surface area contributed by atoms with Gasteiger partial charge < -0.3 is 10.4 Å². The number of carboxylic acid groups (broad SMARTS) is 1. The van der Waals surface area contributed by atoms with Gasteiger partial charge in [-0.15, -0.1) is 0 Å². The topological polar surface area (TPSA) is 144 Å². The van der Waals surface area contributed by atoms with Crippen LogP contribution in [0.15, 0.2) is 18.2 Å². The summed E-state index contributed by atoms with van der Waals surface area (Å²) in [5.74, 6) is -7.52. The zero-order valence-corrected chi connectivity index (χ0v) is 16.1. The van der Waals surface area contributed by atoms with Gasteiger partial charge in [-0.2, -0.15) is 0 Å². The van der Waals surface area contributed by atoms with Gasteiger partial charge in [-0.05, 0) is 24.1 Å². The molecule has 0 spiro atoms. The summed E-state index contributed by atoms with van der Waals surface area (Å²) in [5, 5.41) is 23.1. The van der Waals surface area contributed by atoms with E-state index in [0.717, 1.165) is 0 Å². The Morgan fingerprint density at radius 1 is 1.36 bits per heavy atom. The summed E-state index contributed by atoms with van der Waals surface area (Å²) >= 11 is 11.7. The Bertz CT molecular complexity index is 858. The van der Waals surface area contributed by atoms with Gasteiger partial charge in [-0.1, -0.05) is 30.1 Å². The highest BCUT2D eigenvalue weighted by molar-refractivity contribution is 6.44. The molecule has 1 aromatic carbocycles. The Morgan fingerprint density at radius 2 is 2.00 bits per heavy atom. The molecule has 9 nitrogen and oxygen atoms in total. The number of carboxylic acids is 1. The highest BCUT2D eigenvalue weighted by Crippen LogP contribution is 2.40. The first-order valence-electron chi connectivity index (χ1n) is 8.21. The Hall–Kier alpha value is -2.52. The van der Waals surface area contributed by atoms with E-state index in [9.17, 15) is 29.3 Å². The van der Waals surface area contributed by atoms with E-state index < -0.39 is 58.6 Å². The van der Waals surface area contributed by atoms with Crippen LogP contribution in [0.3, 0.4) is 0 Å². The molecular weight excluding hydrogens is 415 g/mol. The van der Waals surface area contributed by atoms with Crippen molar-refractivity contribution in [2.45, 2.75) is 25.8 Å². The third kappa shape index (κ3) is 4.66. The van der Waals surface area contributed by atoms with Crippen molar-refractivity contribution < 1.29 is 29.2 Å². The quantitative estimate of drug-likeness (QED) is 0.383. The summed E-state index contributed by atoms with van der Waals surface area (Å²) in [6.45, 7) is 1.51. The highest BCUT2D eigenvalue weighted by atomic mass is 35.5. The van der Waals surface area contributed by atoms with Crippen LogP contribution >= 0.6 is 23.2 Å². The Labute approximate surface area is 169 Å². The van der Waals surface area contributed by atoms with Gasteiger partial charge in [0.15, 0.2) is 0 Å². The SMILES string of the molecule is C[C@H]1CC(=O)[C@@H](CC(=O)O)[C@H]1C(C(=O)C(=O)Nc1cc(Cl)ccc1Cl)[N+](=O)[O-]. The molecule has 0 aromatic heterocycles. The first-order chi connectivity index (χ1) is 13.0. The lowest BCUT2D eigenvalue weighted by molar-refractivity contribution is -0.518. The Kier molecular flexibility index (Phi) is 6.73. The zero-order chi connectivity index (χ0) is 21.2. The van der Waals surface area contributed by atoms with Gasteiger partial charge in [0.05, 0.1) is 17.1 Å². The number of hydrogen-bond acceptors (Lipinski definition) is 6. The van der Waals surface area contributed by atoms with Crippen molar-refractivity contribution in [1.29, 1.82) is 0 Å². The largest absolute Gasteiger partial charge is 0.481 e. The number of carbonyl (C=O) groups is 4. The molecule has 4 atom stereocenters. The maximum Gasteiger partial charge on any atom is 0.304 e. The molecule has 0 radical (unpaired) electrons. The number of rotatable bonds is 7. The lowest BCUT2D eigenvalue weighted by Gasteiger charge is -2.22. The Morgan fingerprint density at radius 3 is 2.57 bits per heavy atom. The summed E-state index contributed by atoms with van der Waals surface area (Å²) in [7, 11) is 0. The van der Waals surface area contributed by atoms with E-state index in [4.69, 9.17) is 28.3 Å². The van der Waals surface area contributed by atoms with E-state index in [2.05, 4.69) is 5.32 Å². The molecule has 0 bridgehead atoms. The summed E-state index contributed by atoms with van der Waals surface area (Å²) in [5.41, 5.74) is -0.00718. The second-order valence-electron chi connectivity index (χ2n) is 6.60. The number of halogens is 2. The average molecular weight is 431 g/mol. The number of carbonyl (C=O) groups excluding carboxylic acids is 3. The summed E-state index contributed by atoms with van der Waals surface area (Å²) in [6.07, 6.45) is -0.741. The van der Waals surface area contributed by atoms with Crippen molar-refractivity contribution in [2.24, 2.45) is 17.8 Å². The number of aliphatic carboxylic acids is 1. The highest BCUT2D eigenvalue weighted by Gasteiger charge is 2.54. The van der Waals surface area contributed by atoms with E-state index >= 15 is 0 Å². The monoisotopic (exact) mass is 430 g/mol. The minimum Gasteiger partial charge on any atom is -0.481 e. The van der Waals surface area contributed by atoms with Gasteiger partial charge in [0.2, 0.25) is 0 Å². The standard InChI is InChI=1S/C17H16Cl2N2O7/c1-7-4-12(22)9(6-13(23)24)14(7)15(21(27)28)16(25)17(26)20-11-5-8(18)2-3-10(11)19/h2-3,5,7,9,14-15H,4,6H2,1H3,(H,20,26)(H,23,24)/t7-,9+,14-,15?/m0/s1. The minimum atomic E-state index is -2.05. The molecule has 0 saturated heterocycles. The van der Waals surface area contributed by atoms with Gasteiger partial charge in [-0.25, -0.2) is 0 Å². The maximum atomic E-state index is 12.6. The van der Waals surface area contributed by atoms with Crippen molar-refractivity contribution in [3.05, 3.63) is 38.4 Å². The van der Waals surface area contributed by atoms with Gasteiger partial charge >= 0.3 is 5.97 Å². The van der Waals surface area contributed by atoms with Crippen LogP contribution in [0.1, 0.15) is 19.8 Å². The fourth-order valence-electron chi connectivity index (χ4n) is 3.51. The lowest BCUT2D eigenvalue weighted by atomic mass is 9.80. The second kappa shape index (κ2) is 8.66. The molecule has 1 aliphatic rings. The fraction of sp³-hybridized carbons (Fsp3) is 0.412. The molecular formula is C17H16Cl2N2O7. The third-order valence-corrected chi connectivity index (χ3v) is 5.28. The van der Waals surface area contributed by atoms with Gasteiger partial charge in [-0.3, -0.25) is 29.3 Å². The van der Waals surface area contributed by atoms with E-state index in [-0.39, 0.29) is 22.2 Å². The van der Waals surface area contributed by atoms with Gasteiger partial charge in [0.25, 0.3) is 17.7 Å². The number of benzene rings is 1. The molecule has 1 aromatic rings. The molecule has 0 heterocycles. The number of nitrogens with one attached hydrogen (secondary N) is 1. The van der Waals surface area contributed by atoms with Crippen LogP contribution in [0.25, 0.3) is 0 Å². The fourth-order valence-corrected chi connectivity index (χ4v) is 3.84. The number of anilines is 1. The summed E-state index contributed by atoms with van der Waals surface area (Å²) in [4.78, 5) is 58.7. The molecule has 28 heavy (non-hydrogen) atoms. The molecule has 1 fully saturated rings. The van der Waals surface area contributed by atoms with Crippen molar-refractivity contribution in [3.63, 3.8) is 0 Å². The number of nitro groups is 1. The molecule has 11 heteroatoms. The molecule has 1 unspecified atom stereocenters. The maximum absolute atomic E-state index is 12.6. The Balaban J connectivity index is 2.31. The predicted molar refractivity (Wildman–Crippen MR) is 98.9 cm³/mol. The first-order valence-corrected chi connectivity index (χ1v) is 8.96. The minimum absolute atomic E-state index is 0.00718. The number of nitrogens with zero attached hydrogens (tertiary/aromatic N) is 1. The zero-order valence-electron chi connectivity index (χ0n) is 14.6. The molecule has 1 saturated carbocycles. The van der Waals surface area contributed by atoms with Crippen molar-refractivity contribution in [3.8, 4) is 0 Å². The second-order valence-corrected chi connectivity index (χ2v) is 7.45. The molecule has 0 aliphatic heterocycles. The number of ketones is 2. The lowest BCUT2D eigenvalue weighted by Crippen LogP contribution is -2.46. The third-order valence-electron chi connectivity index (χ3n) is 4.71. The van der Waals surface area contributed by atoms with Crippen molar-refractivity contribution in [1.82, 2.24) is 0 Å². The first kappa shape index (κ1) is 21.8. The van der Waals surface area contributed by atoms with Crippen molar-refractivity contribution in [2.75, 3.05) is 5.32 Å². The molecule has 2 N–H and O–H groups in total. The molecule has 2 rings (SSSR count). The van der Waals surface area contributed by atoms with Gasteiger partial charge in [0, 0.05) is 28.2 Å². The smallest absolute Gasteiger partial charge is 0.304 e. The van der Waals surface area contributed by atoms with E-state index in [1.54, 1.807) is 0 Å². The molecule has 1 amide bonds. The van der Waals surface area contributed by atoms with Crippen LogP contribution in [0, 0.1) is 27.9 Å². The average Bonchev–Trinajstić information content (AvgIpc) is 2.84. The van der Waals surface area contributed by atoms with E-state index in [0.29, 0.717) is 0 Å².